The number of halogens is 3. The van der Waals surface area contributed by atoms with E-state index in [1.807, 2.05) is 14.1 Å². The summed E-state index contributed by atoms with van der Waals surface area (Å²) in [7, 11) is 3.65. The summed E-state index contributed by atoms with van der Waals surface area (Å²) >= 11 is 0. The van der Waals surface area contributed by atoms with E-state index in [0.29, 0.717) is 5.82 Å². The van der Waals surface area contributed by atoms with Crippen molar-refractivity contribution < 1.29 is 18.0 Å². The Bertz CT molecular complexity index is 1060. The number of hydrogen-bond acceptors (Lipinski definition) is 6. The van der Waals surface area contributed by atoms with Crippen molar-refractivity contribution in [2.75, 3.05) is 29.6 Å². The monoisotopic (exact) mass is 405 g/mol. The van der Waals surface area contributed by atoms with Gasteiger partial charge >= 0.3 is 6.18 Å². The molecule has 29 heavy (non-hydrogen) atoms. The molecule has 0 atom stereocenters. The Morgan fingerprint density at radius 2 is 2.00 bits per heavy atom. The zero-order valence-electron chi connectivity index (χ0n) is 15.7. The molecular weight excluding hydrogens is 387 g/mol. The Labute approximate surface area is 163 Å². The summed E-state index contributed by atoms with van der Waals surface area (Å²) < 4.78 is 40.9. The SMILES string of the molecule is CN(C)c1ccc(C(=O)Nc2nc3cc(C(F)(F)F)cc(NC4CC4)n3n2)cn1. The molecule has 0 aromatic carbocycles. The number of hydrogen-bond donors (Lipinski definition) is 2. The molecule has 0 bridgehead atoms. The molecule has 0 saturated heterocycles. The molecule has 4 rings (SSSR count). The first kappa shape index (κ1) is 19.0. The number of nitrogens with one attached hydrogen (secondary N) is 2. The lowest BCUT2D eigenvalue weighted by Crippen LogP contribution is -2.15. The fourth-order valence-corrected chi connectivity index (χ4v) is 2.70. The molecule has 3 aromatic rings. The number of rotatable bonds is 5. The first-order valence-corrected chi connectivity index (χ1v) is 8.90. The molecular formula is C18H18F3N7O. The maximum absolute atomic E-state index is 13.2. The van der Waals surface area contributed by atoms with E-state index in [4.69, 9.17) is 0 Å². The topological polar surface area (TPSA) is 87.5 Å². The lowest BCUT2D eigenvalue weighted by molar-refractivity contribution is -0.137. The standard InChI is InChI=1S/C18H18F3N7O/c1-27(2)13-6-3-10(9-22-13)16(29)25-17-24-15-8-11(18(19,20)21)7-14(28(15)26-17)23-12-4-5-12/h3,6-9,12,23H,4-5H2,1-2H3,(H,25,26,29). The van der Waals surface area contributed by atoms with Gasteiger partial charge < -0.3 is 10.2 Å². The fraction of sp³-hybridized carbons (Fsp3) is 0.333. The summed E-state index contributed by atoms with van der Waals surface area (Å²) in [6.45, 7) is 0. The number of anilines is 3. The van der Waals surface area contributed by atoms with Gasteiger partial charge in [-0.2, -0.15) is 22.7 Å². The third kappa shape index (κ3) is 4.08. The number of alkyl halides is 3. The van der Waals surface area contributed by atoms with Crippen LogP contribution in [0.15, 0.2) is 30.5 Å². The van der Waals surface area contributed by atoms with E-state index < -0.39 is 17.6 Å². The van der Waals surface area contributed by atoms with E-state index in [-0.39, 0.29) is 29.0 Å². The van der Waals surface area contributed by atoms with Crippen LogP contribution in [0, 0.1) is 0 Å². The predicted molar refractivity (Wildman–Crippen MR) is 101 cm³/mol. The zero-order chi connectivity index (χ0) is 20.8. The van der Waals surface area contributed by atoms with Gasteiger partial charge in [-0.15, -0.1) is 5.10 Å². The average Bonchev–Trinajstić information content (AvgIpc) is 3.38. The molecule has 3 heterocycles. The second-order valence-corrected chi connectivity index (χ2v) is 7.00. The van der Waals surface area contributed by atoms with Crippen molar-refractivity contribution in [3.63, 3.8) is 0 Å². The first-order chi connectivity index (χ1) is 13.7. The molecule has 1 aliphatic rings. The highest BCUT2D eigenvalue weighted by Gasteiger charge is 2.33. The molecule has 1 saturated carbocycles. The van der Waals surface area contributed by atoms with E-state index in [2.05, 4.69) is 25.7 Å². The van der Waals surface area contributed by atoms with Gasteiger partial charge in [0.2, 0.25) is 5.95 Å². The summed E-state index contributed by atoms with van der Waals surface area (Å²) in [6.07, 6.45) is -1.35. The third-order valence-corrected chi connectivity index (χ3v) is 4.39. The van der Waals surface area contributed by atoms with Crippen molar-refractivity contribution >= 4 is 29.1 Å². The third-order valence-electron chi connectivity index (χ3n) is 4.39. The zero-order valence-corrected chi connectivity index (χ0v) is 15.7. The molecule has 2 N–H and O–H groups in total. The molecule has 152 valence electrons. The first-order valence-electron chi connectivity index (χ1n) is 8.90. The quantitative estimate of drug-likeness (QED) is 0.679. The van der Waals surface area contributed by atoms with Gasteiger partial charge in [-0.1, -0.05) is 0 Å². The number of carbonyl (C=O) groups is 1. The largest absolute Gasteiger partial charge is 0.416 e. The number of nitrogens with zero attached hydrogens (tertiary/aromatic N) is 5. The van der Waals surface area contributed by atoms with Crippen LogP contribution in [0.25, 0.3) is 5.65 Å². The maximum Gasteiger partial charge on any atom is 0.416 e. The van der Waals surface area contributed by atoms with Gasteiger partial charge in [0.25, 0.3) is 5.91 Å². The molecule has 3 aromatic heterocycles. The number of aromatic nitrogens is 4. The minimum Gasteiger partial charge on any atom is -0.367 e. The molecule has 0 radical (unpaired) electrons. The van der Waals surface area contributed by atoms with Crippen LogP contribution >= 0.6 is 0 Å². The van der Waals surface area contributed by atoms with Crippen molar-refractivity contribution in [3.8, 4) is 0 Å². The van der Waals surface area contributed by atoms with E-state index in [1.165, 1.54) is 10.7 Å². The van der Waals surface area contributed by atoms with Gasteiger partial charge in [-0.3, -0.25) is 10.1 Å². The van der Waals surface area contributed by atoms with E-state index in [1.54, 1.807) is 17.0 Å². The lowest BCUT2D eigenvalue weighted by Gasteiger charge is -2.11. The Morgan fingerprint density at radius 3 is 2.59 bits per heavy atom. The van der Waals surface area contributed by atoms with Gasteiger partial charge in [-0.25, -0.2) is 4.98 Å². The number of amides is 1. The second kappa shape index (κ2) is 6.90. The number of carbonyl (C=O) groups excluding carboxylic acids is 1. The predicted octanol–water partition coefficient (Wildman–Crippen LogP) is 3.04. The Balaban J connectivity index is 1.63. The Morgan fingerprint density at radius 1 is 1.24 bits per heavy atom. The normalized spacial score (nSPS) is 14.1. The van der Waals surface area contributed by atoms with Crippen LogP contribution in [0.2, 0.25) is 0 Å². The van der Waals surface area contributed by atoms with Gasteiger partial charge in [-0.05, 0) is 37.1 Å². The minimum atomic E-state index is -4.52. The molecule has 0 aliphatic heterocycles. The van der Waals surface area contributed by atoms with Crippen molar-refractivity contribution in [3.05, 3.63) is 41.6 Å². The van der Waals surface area contributed by atoms with Crippen molar-refractivity contribution in [1.29, 1.82) is 0 Å². The Hall–Kier alpha value is -3.37. The molecule has 11 heteroatoms. The summed E-state index contributed by atoms with van der Waals surface area (Å²) in [5.41, 5.74) is -0.567. The highest BCUT2D eigenvalue weighted by atomic mass is 19.4. The van der Waals surface area contributed by atoms with Crippen LogP contribution in [0.5, 0.6) is 0 Å². The number of pyridine rings is 2. The molecule has 8 nitrogen and oxygen atoms in total. The molecule has 0 spiro atoms. The molecule has 0 unspecified atom stereocenters. The van der Waals surface area contributed by atoms with Crippen molar-refractivity contribution in [2.45, 2.75) is 25.1 Å². The van der Waals surface area contributed by atoms with Crippen molar-refractivity contribution in [2.24, 2.45) is 0 Å². The highest BCUT2D eigenvalue weighted by molar-refractivity contribution is 6.03. The number of fused-ring (bicyclic) bond motifs is 1. The van der Waals surface area contributed by atoms with Crippen LogP contribution in [0.3, 0.4) is 0 Å². The smallest absolute Gasteiger partial charge is 0.367 e. The van der Waals surface area contributed by atoms with E-state index >= 15 is 0 Å². The van der Waals surface area contributed by atoms with E-state index in [0.717, 1.165) is 25.0 Å². The van der Waals surface area contributed by atoms with E-state index in [9.17, 15) is 18.0 Å². The van der Waals surface area contributed by atoms with Gasteiger partial charge in [0.05, 0.1) is 11.1 Å². The van der Waals surface area contributed by atoms with Gasteiger partial charge in [0.1, 0.15) is 11.6 Å². The summed E-state index contributed by atoms with van der Waals surface area (Å²) in [5.74, 6) is 0.265. The summed E-state index contributed by atoms with van der Waals surface area (Å²) in [6, 6.07) is 5.28. The summed E-state index contributed by atoms with van der Waals surface area (Å²) in [4.78, 5) is 22.4. The van der Waals surface area contributed by atoms with Gasteiger partial charge in [0.15, 0.2) is 5.65 Å². The second-order valence-electron chi connectivity index (χ2n) is 7.00. The van der Waals surface area contributed by atoms with Crippen LogP contribution in [-0.4, -0.2) is 45.6 Å². The Kier molecular flexibility index (Phi) is 4.52. The maximum atomic E-state index is 13.2. The molecule has 1 amide bonds. The van der Waals surface area contributed by atoms with Crippen LogP contribution in [0.4, 0.5) is 30.8 Å². The van der Waals surface area contributed by atoms with Gasteiger partial charge in [0, 0.05) is 26.3 Å². The lowest BCUT2D eigenvalue weighted by atomic mass is 10.2. The fourth-order valence-electron chi connectivity index (χ4n) is 2.70. The molecule has 1 aliphatic carbocycles. The highest BCUT2D eigenvalue weighted by Crippen LogP contribution is 2.33. The summed E-state index contributed by atoms with van der Waals surface area (Å²) in [5, 5.41) is 9.67. The molecule has 1 fully saturated rings. The average molecular weight is 405 g/mol. The van der Waals surface area contributed by atoms with Crippen LogP contribution in [0.1, 0.15) is 28.8 Å². The van der Waals surface area contributed by atoms with Crippen LogP contribution < -0.4 is 15.5 Å². The van der Waals surface area contributed by atoms with Crippen LogP contribution in [-0.2, 0) is 6.18 Å². The van der Waals surface area contributed by atoms with Crippen molar-refractivity contribution in [1.82, 2.24) is 19.6 Å². The minimum absolute atomic E-state index is 0.0145.